The van der Waals surface area contributed by atoms with Crippen molar-refractivity contribution < 1.29 is 9.66 Å². The van der Waals surface area contributed by atoms with E-state index in [4.69, 9.17) is 4.74 Å². The van der Waals surface area contributed by atoms with E-state index in [9.17, 15) is 10.1 Å². The third-order valence-electron chi connectivity index (χ3n) is 1.65. The quantitative estimate of drug-likeness (QED) is 0.528. The molecule has 1 aromatic rings. The van der Waals surface area contributed by atoms with Crippen LogP contribution in [0.4, 0.5) is 5.69 Å². The Hall–Kier alpha value is -1.84. The summed E-state index contributed by atoms with van der Waals surface area (Å²) in [5, 5.41) is 10.5. The van der Waals surface area contributed by atoms with Gasteiger partial charge >= 0.3 is 5.69 Å². The predicted molar refractivity (Wildman–Crippen MR) is 49.7 cm³/mol. The van der Waals surface area contributed by atoms with Crippen LogP contribution in [0.2, 0.25) is 0 Å². The Morgan fingerprint density at radius 3 is 2.77 bits per heavy atom. The molecule has 0 aromatic heterocycles. The van der Waals surface area contributed by atoms with Gasteiger partial charge < -0.3 is 4.74 Å². The summed E-state index contributed by atoms with van der Waals surface area (Å²) in [7, 11) is 1.40. The second-order valence-electron chi connectivity index (χ2n) is 2.36. The van der Waals surface area contributed by atoms with E-state index in [-0.39, 0.29) is 11.4 Å². The zero-order valence-electron chi connectivity index (χ0n) is 7.19. The lowest BCUT2D eigenvalue weighted by atomic mass is 10.2. The second-order valence-corrected chi connectivity index (χ2v) is 2.36. The van der Waals surface area contributed by atoms with Crippen LogP contribution in [0.15, 0.2) is 24.8 Å². The summed E-state index contributed by atoms with van der Waals surface area (Å²) in [5.74, 6) is 0.252. The van der Waals surface area contributed by atoms with Crippen molar-refractivity contribution in [1.82, 2.24) is 0 Å². The van der Waals surface area contributed by atoms with Gasteiger partial charge in [0.25, 0.3) is 0 Å². The third-order valence-corrected chi connectivity index (χ3v) is 1.65. The monoisotopic (exact) mass is 179 g/mol. The number of nitro benzene ring substituents is 1. The van der Waals surface area contributed by atoms with E-state index in [1.807, 2.05) is 0 Å². The molecule has 0 spiro atoms. The molecule has 0 aliphatic carbocycles. The van der Waals surface area contributed by atoms with E-state index in [0.717, 1.165) is 0 Å². The van der Waals surface area contributed by atoms with Crippen LogP contribution in [-0.2, 0) is 0 Å². The molecule has 0 heterocycles. The SMILES string of the molecule is C=Cc1cccc([N+](=O)[O-])c1OC. The maximum Gasteiger partial charge on any atom is 0.311 e. The molecule has 0 saturated heterocycles. The van der Waals surface area contributed by atoms with Gasteiger partial charge in [0.2, 0.25) is 5.75 Å². The number of hydrogen-bond donors (Lipinski definition) is 0. The molecule has 0 aliphatic heterocycles. The highest BCUT2D eigenvalue weighted by Gasteiger charge is 2.15. The first kappa shape index (κ1) is 9.25. The van der Waals surface area contributed by atoms with Gasteiger partial charge in [0, 0.05) is 11.6 Å². The van der Waals surface area contributed by atoms with Crippen LogP contribution in [0.5, 0.6) is 5.75 Å². The van der Waals surface area contributed by atoms with Gasteiger partial charge in [-0.05, 0) is 0 Å². The van der Waals surface area contributed by atoms with Crippen LogP contribution in [0.1, 0.15) is 5.56 Å². The maximum atomic E-state index is 10.5. The zero-order valence-corrected chi connectivity index (χ0v) is 7.19. The summed E-state index contributed by atoms with van der Waals surface area (Å²) in [6, 6.07) is 4.70. The number of nitrogens with zero attached hydrogens (tertiary/aromatic N) is 1. The summed E-state index contributed by atoms with van der Waals surface area (Å²) in [5.41, 5.74) is 0.580. The van der Waals surface area contributed by atoms with Crippen molar-refractivity contribution in [3.8, 4) is 5.75 Å². The summed E-state index contributed by atoms with van der Waals surface area (Å²) < 4.78 is 4.92. The zero-order chi connectivity index (χ0) is 9.84. The Balaban J connectivity index is 3.35. The smallest absolute Gasteiger partial charge is 0.311 e. The molecule has 4 nitrogen and oxygen atoms in total. The Morgan fingerprint density at radius 1 is 1.62 bits per heavy atom. The van der Waals surface area contributed by atoms with E-state index < -0.39 is 4.92 Å². The molecule has 4 heteroatoms. The van der Waals surface area contributed by atoms with E-state index in [1.165, 1.54) is 19.3 Å². The second kappa shape index (κ2) is 3.71. The fraction of sp³-hybridized carbons (Fsp3) is 0.111. The third kappa shape index (κ3) is 1.66. The normalized spacial score (nSPS) is 9.31. The number of benzene rings is 1. The summed E-state index contributed by atoms with van der Waals surface area (Å²) in [6.45, 7) is 3.54. The Morgan fingerprint density at radius 2 is 2.31 bits per heavy atom. The van der Waals surface area contributed by atoms with Gasteiger partial charge in [-0.3, -0.25) is 10.1 Å². The van der Waals surface area contributed by atoms with Crippen molar-refractivity contribution in [2.45, 2.75) is 0 Å². The lowest BCUT2D eigenvalue weighted by molar-refractivity contribution is -0.385. The average Bonchev–Trinajstić information content (AvgIpc) is 2.16. The molecule has 0 atom stereocenters. The largest absolute Gasteiger partial charge is 0.490 e. The van der Waals surface area contributed by atoms with Crippen LogP contribution in [0.3, 0.4) is 0 Å². The molecule has 1 aromatic carbocycles. The van der Waals surface area contributed by atoms with E-state index in [2.05, 4.69) is 6.58 Å². The number of ether oxygens (including phenoxy) is 1. The maximum absolute atomic E-state index is 10.5. The Bertz CT molecular complexity index is 347. The summed E-state index contributed by atoms with van der Waals surface area (Å²) in [4.78, 5) is 10.1. The molecule has 0 N–H and O–H groups in total. The van der Waals surface area contributed by atoms with Gasteiger partial charge in [0.1, 0.15) is 0 Å². The van der Waals surface area contributed by atoms with Gasteiger partial charge in [0.15, 0.2) is 0 Å². The molecule has 0 fully saturated rings. The van der Waals surface area contributed by atoms with Crippen molar-refractivity contribution in [3.05, 3.63) is 40.5 Å². The van der Waals surface area contributed by atoms with E-state index in [0.29, 0.717) is 5.56 Å². The van der Waals surface area contributed by atoms with Crippen molar-refractivity contribution in [3.63, 3.8) is 0 Å². The van der Waals surface area contributed by atoms with E-state index in [1.54, 1.807) is 12.1 Å². The van der Waals surface area contributed by atoms with Gasteiger partial charge in [-0.2, -0.15) is 0 Å². The van der Waals surface area contributed by atoms with Crippen LogP contribution in [0, 0.1) is 10.1 Å². The number of nitro groups is 1. The lowest BCUT2D eigenvalue weighted by Crippen LogP contribution is -1.95. The lowest BCUT2D eigenvalue weighted by Gasteiger charge is -2.04. The minimum atomic E-state index is -0.480. The molecule has 0 amide bonds. The first-order valence-corrected chi connectivity index (χ1v) is 3.64. The molecule has 1 rings (SSSR count). The minimum absolute atomic E-state index is 0.0418. The Kier molecular flexibility index (Phi) is 2.64. The standard InChI is InChI=1S/C9H9NO3/c1-3-7-5-4-6-8(10(11)12)9(7)13-2/h3-6H,1H2,2H3. The van der Waals surface area contributed by atoms with Crippen molar-refractivity contribution >= 4 is 11.8 Å². The number of para-hydroxylation sites is 1. The topological polar surface area (TPSA) is 52.4 Å². The highest BCUT2D eigenvalue weighted by atomic mass is 16.6. The first-order chi connectivity index (χ1) is 6.20. The predicted octanol–water partition coefficient (Wildman–Crippen LogP) is 2.25. The first-order valence-electron chi connectivity index (χ1n) is 3.64. The highest BCUT2D eigenvalue weighted by Crippen LogP contribution is 2.30. The summed E-state index contributed by atoms with van der Waals surface area (Å²) >= 11 is 0. The molecule has 0 saturated carbocycles. The van der Waals surface area contributed by atoms with Crippen LogP contribution in [-0.4, -0.2) is 12.0 Å². The van der Waals surface area contributed by atoms with Gasteiger partial charge in [-0.15, -0.1) is 0 Å². The van der Waals surface area contributed by atoms with Gasteiger partial charge in [0.05, 0.1) is 12.0 Å². The van der Waals surface area contributed by atoms with Crippen LogP contribution in [0.25, 0.3) is 6.08 Å². The molecule has 13 heavy (non-hydrogen) atoms. The molecule has 0 radical (unpaired) electrons. The highest BCUT2D eigenvalue weighted by molar-refractivity contribution is 5.63. The molecular formula is C9H9NO3. The summed E-state index contributed by atoms with van der Waals surface area (Å²) in [6.07, 6.45) is 1.52. The van der Waals surface area contributed by atoms with E-state index >= 15 is 0 Å². The molecule has 0 aliphatic rings. The van der Waals surface area contributed by atoms with Gasteiger partial charge in [-0.1, -0.05) is 24.8 Å². The van der Waals surface area contributed by atoms with Gasteiger partial charge in [-0.25, -0.2) is 0 Å². The average molecular weight is 179 g/mol. The number of rotatable bonds is 3. The van der Waals surface area contributed by atoms with Crippen molar-refractivity contribution in [1.29, 1.82) is 0 Å². The molecule has 0 unspecified atom stereocenters. The molecule has 0 bridgehead atoms. The van der Waals surface area contributed by atoms with Crippen molar-refractivity contribution in [2.75, 3.05) is 7.11 Å². The number of methoxy groups -OCH3 is 1. The minimum Gasteiger partial charge on any atom is -0.490 e. The van der Waals surface area contributed by atoms with Crippen LogP contribution >= 0.6 is 0 Å². The fourth-order valence-corrected chi connectivity index (χ4v) is 1.07. The Labute approximate surface area is 75.6 Å². The van der Waals surface area contributed by atoms with Crippen LogP contribution < -0.4 is 4.74 Å². The molecule has 68 valence electrons. The van der Waals surface area contributed by atoms with Crippen molar-refractivity contribution in [2.24, 2.45) is 0 Å². The fourth-order valence-electron chi connectivity index (χ4n) is 1.07. The molecular weight excluding hydrogens is 170 g/mol. The number of hydrogen-bond acceptors (Lipinski definition) is 3.